The van der Waals surface area contributed by atoms with Crippen molar-refractivity contribution in [3.05, 3.63) is 30.0 Å². The number of carbonyl (C=O) groups is 2. The van der Waals surface area contributed by atoms with Crippen molar-refractivity contribution < 1.29 is 19.1 Å². The number of fused-ring (bicyclic) bond motifs is 1. The highest BCUT2D eigenvalue weighted by molar-refractivity contribution is 6.04. The molecule has 172 valence electrons. The fourth-order valence-electron chi connectivity index (χ4n) is 3.40. The fraction of sp³-hybridized carbons (Fsp3) is 0.560. The minimum atomic E-state index is -0.531. The Morgan fingerprint density at radius 3 is 2.12 bits per heavy atom. The van der Waals surface area contributed by atoms with Crippen molar-refractivity contribution in [3.63, 3.8) is 0 Å². The number of aryl methyl sites for hydroxylation is 1. The zero-order chi connectivity index (χ0) is 22.7. The summed E-state index contributed by atoms with van der Waals surface area (Å²) in [5.74, 6) is 0.833. The number of rotatable bonds is 11. The molecule has 2 N–H and O–H groups in total. The minimum absolute atomic E-state index is 0.184. The van der Waals surface area contributed by atoms with E-state index in [0.717, 1.165) is 23.0 Å². The molecule has 2 aromatic rings. The van der Waals surface area contributed by atoms with Gasteiger partial charge in [0.05, 0.1) is 24.4 Å². The van der Waals surface area contributed by atoms with Crippen LogP contribution < -0.4 is 10.6 Å². The molecule has 0 saturated heterocycles. The Hall–Kier alpha value is -2.51. The standard InChI is InChI=1S/C25H33N3O4/c1-4-19-12-23(28-25(30)16(3)32-14-18-7-8-18)21-11-20(9-10-22(21)26-19)27-24(29)15(2)31-13-17-5-6-17/h9-12,15-18H,4-8,13-14H2,1-3H3,(H,27,29)(H,26,28,30)/t15-,16+/m0/s1. The zero-order valence-electron chi connectivity index (χ0n) is 19.1. The van der Waals surface area contributed by atoms with Gasteiger partial charge < -0.3 is 20.1 Å². The number of pyridine rings is 1. The van der Waals surface area contributed by atoms with Crippen molar-refractivity contribution in [1.82, 2.24) is 4.98 Å². The molecule has 0 aliphatic heterocycles. The van der Waals surface area contributed by atoms with Gasteiger partial charge in [-0.05, 0) is 82.1 Å². The summed E-state index contributed by atoms with van der Waals surface area (Å²) in [6.07, 6.45) is 4.44. The average Bonchev–Trinajstić information content (AvgIpc) is 3.70. The summed E-state index contributed by atoms with van der Waals surface area (Å²) in [7, 11) is 0. The van der Waals surface area contributed by atoms with Gasteiger partial charge >= 0.3 is 0 Å². The van der Waals surface area contributed by atoms with E-state index in [1.54, 1.807) is 13.8 Å². The molecule has 2 fully saturated rings. The molecule has 2 saturated carbocycles. The lowest BCUT2D eigenvalue weighted by molar-refractivity contribution is -0.127. The summed E-state index contributed by atoms with van der Waals surface area (Å²) in [6.45, 7) is 6.83. The molecule has 32 heavy (non-hydrogen) atoms. The summed E-state index contributed by atoms with van der Waals surface area (Å²) in [5, 5.41) is 6.70. The van der Waals surface area contributed by atoms with Crippen LogP contribution in [0.2, 0.25) is 0 Å². The topological polar surface area (TPSA) is 89.6 Å². The van der Waals surface area contributed by atoms with Gasteiger partial charge in [-0.3, -0.25) is 14.6 Å². The van der Waals surface area contributed by atoms with Gasteiger partial charge in [-0.1, -0.05) is 6.92 Å². The van der Waals surface area contributed by atoms with Gasteiger partial charge in [0, 0.05) is 16.8 Å². The highest BCUT2D eigenvalue weighted by atomic mass is 16.5. The van der Waals surface area contributed by atoms with Crippen molar-refractivity contribution in [2.24, 2.45) is 11.8 Å². The van der Waals surface area contributed by atoms with Gasteiger partial charge in [0.15, 0.2) is 0 Å². The third kappa shape index (κ3) is 6.04. The first-order chi connectivity index (χ1) is 15.4. The normalized spacial score (nSPS) is 17.7. The predicted molar refractivity (Wildman–Crippen MR) is 125 cm³/mol. The molecular formula is C25H33N3O4. The first-order valence-electron chi connectivity index (χ1n) is 11.7. The van der Waals surface area contributed by atoms with Crippen molar-refractivity contribution >= 4 is 34.1 Å². The Morgan fingerprint density at radius 1 is 0.969 bits per heavy atom. The smallest absolute Gasteiger partial charge is 0.253 e. The van der Waals surface area contributed by atoms with E-state index < -0.39 is 12.2 Å². The van der Waals surface area contributed by atoms with E-state index >= 15 is 0 Å². The number of aromatic nitrogens is 1. The molecule has 2 aliphatic rings. The van der Waals surface area contributed by atoms with Gasteiger partial charge in [-0.2, -0.15) is 0 Å². The van der Waals surface area contributed by atoms with E-state index in [2.05, 4.69) is 15.6 Å². The molecule has 1 aromatic carbocycles. The molecule has 7 nitrogen and oxygen atoms in total. The average molecular weight is 440 g/mol. The largest absolute Gasteiger partial charge is 0.368 e. The lowest BCUT2D eigenvalue weighted by atomic mass is 10.1. The number of nitrogens with one attached hydrogen (secondary N) is 2. The minimum Gasteiger partial charge on any atom is -0.368 e. The molecule has 0 spiro atoms. The van der Waals surface area contributed by atoms with Gasteiger partial charge in [0.25, 0.3) is 11.8 Å². The molecule has 0 radical (unpaired) electrons. The summed E-state index contributed by atoms with van der Waals surface area (Å²) in [5.41, 5.74) is 2.97. The Balaban J connectivity index is 1.48. The van der Waals surface area contributed by atoms with Crippen LogP contribution in [0.4, 0.5) is 11.4 Å². The summed E-state index contributed by atoms with van der Waals surface area (Å²) in [6, 6.07) is 7.43. The van der Waals surface area contributed by atoms with E-state index in [4.69, 9.17) is 9.47 Å². The summed E-state index contributed by atoms with van der Waals surface area (Å²) < 4.78 is 11.4. The van der Waals surface area contributed by atoms with Crippen LogP contribution in [0.1, 0.15) is 52.1 Å². The van der Waals surface area contributed by atoms with Gasteiger partial charge in [-0.25, -0.2) is 0 Å². The van der Waals surface area contributed by atoms with Crippen LogP contribution in [-0.4, -0.2) is 42.2 Å². The first kappa shape index (κ1) is 22.7. The predicted octanol–water partition coefficient (Wildman–Crippen LogP) is 4.30. The lowest BCUT2D eigenvalue weighted by Crippen LogP contribution is -2.29. The first-order valence-corrected chi connectivity index (χ1v) is 11.7. The molecule has 7 heteroatoms. The monoisotopic (exact) mass is 439 g/mol. The summed E-state index contributed by atoms with van der Waals surface area (Å²) in [4.78, 5) is 29.9. The van der Waals surface area contributed by atoms with E-state index in [1.807, 2.05) is 31.2 Å². The van der Waals surface area contributed by atoms with Gasteiger partial charge in [-0.15, -0.1) is 0 Å². The van der Waals surface area contributed by atoms with E-state index in [9.17, 15) is 9.59 Å². The SMILES string of the molecule is CCc1cc(NC(=O)[C@@H](C)OCC2CC2)c2cc(NC(=O)[C@H](C)OCC3CC3)ccc2n1. The van der Waals surface area contributed by atoms with E-state index in [0.29, 0.717) is 36.4 Å². The van der Waals surface area contributed by atoms with Crippen molar-refractivity contribution in [3.8, 4) is 0 Å². The molecule has 0 bridgehead atoms. The second-order valence-electron chi connectivity index (χ2n) is 9.06. The quantitative estimate of drug-likeness (QED) is 0.545. The maximum absolute atomic E-state index is 12.7. The molecule has 4 rings (SSSR count). The molecule has 0 unspecified atom stereocenters. The molecular weight excluding hydrogens is 406 g/mol. The Labute approximate surface area is 189 Å². The third-order valence-corrected chi connectivity index (χ3v) is 6.05. The number of benzene rings is 1. The molecule has 2 amide bonds. The number of carbonyl (C=O) groups excluding carboxylic acids is 2. The fourth-order valence-corrected chi connectivity index (χ4v) is 3.40. The van der Waals surface area contributed by atoms with Crippen LogP contribution in [-0.2, 0) is 25.5 Å². The molecule has 1 heterocycles. The number of hydrogen-bond donors (Lipinski definition) is 2. The van der Waals surface area contributed by atoms with E-state index in [-0.39, 0.29) is 11.8 Å². The van der Waals surface area contributed by atoms with Crippen LogP contribution in [0.25, 0.3) is 10.9 Å². The lowest BCUT2D eigenvalue weighted by Gasteiger charge is -2.17. The molecule has 2 aliphatic carbocycles. The Morgan fingerprint density at radius 2 is 1.56 bits per heavy atom. The number of ether oxygens (including phenoxy) is 2. The zero-order valence-corrected chi connectivity index (χ0v) is 19.1. The highest BCUT2D eigenvalue weighted by Gasteiger charge is 2.25. The maximum Gasteiger partial charge on any atom is 0.253 e. The van der Waals surface area contributed by atoms with Crippen molar-refractivity contribution in [2.75, 3.05) is 23.8 Å². The number of nitrogens with zero attached hydrogens (tertiary/aromatic N) is 1. The number of amides is 2. The van der Waals surface area contributed by atoms with Crippen molar-refractivity contribution in [1.29, 1.82) is 0 Å². The van der Waals surface area contributed by atoms with E-state index in [1.165, 1.54) is 25.7 Å². The van der Waals surface area contributed by atoms with Crippen LogP contribution in [0.5, 0.6) is 0 Å². The number of hydrogen-bond acceptors (Lipinski definition) is 5. The molecule has 1 aromatic heterocycles. The van der Waals surface area contributed by atoms with Crippen LogP contribution in [0, 0.1) is 11.8 Å². The van der Waals surface area contributed by atoms with Gasteiger partial charge in [0.1, 0.15) is 12.2 Å². The van der Waals surface area contributed by atoms with Crippen LogP contribution in [0.3, 0.4) is 0 Å². The Kier molecular flexibility index (Phi) is 7.06. The summed E-state index contributed by atoms with van der Waals surface area (Å²) >= 11 is 0. The second kappa shape index (κ2) is 9.96. The second-order valence-corrected chi connectivity index (χ2v) is 9.06. The Bertz CT molecular complexity index is 985. The van der Waals surface area contributed by atoms with Crippen LogP contribution in [0.15, 0.2) is 24.3 Å². The maximum atomic E-state index is 12.7. The third-order valence-electron chi connectivity index (χ3n) is 6.05. The van der Waals surface area contributed by atoms with Crippen molar-refractivity contribution in [2.45, 2.75) is 65.1 Å². The number of anilines is 2. The molecule has 2 atom stereocenters. The van der Waals surface area contributed by atoms with Gasteiger partial charge in [0.2, 0.25) is 0 Å². The van der Waals surface area contributed by atoms with Crippen LogP contribution >= 0.6 is 0 Å². The highest BCUT2D eigenvalue weighted by Crippen LogP contribution is 2.31.